The van der Waals surface area contributed by atoms with Crippen molar-refractivity contribution < 1.29 is 9.59 Å². The van der Waals surface area contributed by atoms with Crippen LogP contribution < -0.4 is 10.5 Å². The van der Waals surface area contributed by atoms with Crippen LogP contribution in [0.25, 0.3) is 0 Å². The van der Waals surface area contributed by atoms with Crippen molar-refractivity contribution in [3.8, 4) is 0 Å². The van der Waals surface area contributed by atoms with Gasteiger partial charge in [-0.05, 0) is 18.2 Å². The summed E-state index contributed by atoms with van der Waals surface area (Å²) in [7, 11) is -1.75. The molecular formula is C13H18ClNO2Si. The van der Waals surface area contributed by atoms with E-state index in [-0.39, 0.29) is 5.91 Å². The third-order valence-corrected chi connectivity index (χ3v) is 4.93. The first kappa shape index (κ1) is 14.9. The Kier molecular flexibility index (Phi) is 4.70. The largest absolute Gasteiger partial charge is 0.352 e. The van der Waals surface area contributed by atoms with Crippen LogP contribution in [-0.4, -0.2) is 26.8 Å². The number of aldehydes is 1. The molecule has 5 heteroatoms. The first-order valence-electron chi connectivity index (χ1n) is 5.88. The number of rotatable bonds is 4. The van der Waals surface area contributed by atoms with E-state index in [0.717, 1.165) is 11.5 Å². The predicted octanol–water partition coefficient (Wildman–Crippen LogP) is 2.45. The molecule has 0 aliphatic heterocycles. The molecule has 0 aliphatic carbocycles. The molecular weight excluding hydrogens is 266 g/mol. The Balaban J connectivity index is 3.48. The smallest absolute Gasteiger partial charge is 0.252 e. The minimum atomic E-state index is -1.75. The summed E-state index contributed by atoms with van der Waals surface area (Å²) in [6.45, 7) is 8.78. The Morgan fingerprint density at radius 1 is 1.39 bits per heavy atom. The summed E-state index contributed by atoms with van der Waals surface area (Å²) in [5.74, 6) is -0.169. The highest BCUT2D eigenvalue weighted by molar-refractivity contribution is 6.89. The van der Waals surface area contributed by atoms with Gasteiger partial charge >= 0.3 is 0 Å². The van der Waals surface area contributed by atoms with Crippen molar-refractivity contribution in [2.45, 2.75) is 26.6 Å². The lowest BCUT2D eigenvalue weighted by Gasteiger charge is -2.22. The van der Waals surface area contributed by atoms with E-state index in [4.69, 9.17) is 11.6 Å². The van der Waals surface area contributed by atoms with Crippen LogP contribution in [0.5, 0.6) is 0 Å². The van der Waals surface area contributed by atoms with Crippen molar-refractivity contribution in [3.05, 3.63) is 28.3 Å². The Hall–Kier alpha value is -1.13. The highest BCUT2D eigenvalue weighted by Gasteiger charge is 2.26. The molecule has 0 atom stereocenters. The number of carbonyl (C=O) groups excluding carboxylic acids is 2. The third kappa shape index (κ3) is 3.20. The summed E-state index contributed by atoms with van der Waals surface area (Å²) in [6, 6.07) is 3.33. The maximum Gasteiger partial charge on any atom is 0.252 e. The van der Waals surface area contributed by atoms with Crippen molar-refractivity contribution >= 4 is 37.1 Å². The van der Waals surface area contributed by atoms with E-state index in [1.165, 1.54) is 0 Å². The van der Waals surface area contributed by atoms with E-state index >= 15 is 0 Å². The number of hydrogen-bond donors (Lipinski definition) is 1. The van der Waals surface area contributed by atoms with Gasteiger partial charge in [0.15, 0.2) is 0 Å². The molecule has 0 fully saturated rings. The standard InChI is InChI=1S/C13H18ClNO2Si/c1-5-15-13(17)12-10(14)6-9(8-16)7-11(12)18(2,3)4/h6-8H,5H2,1-4H3,(H,15,17). The zero-order valence-electron chi connectivity index (χ0n) is 11.1. The maximum atomic E-state index is 12.1. The van der Waals surface area contributed by atoms with Gasteiger partial charge in [0.2, 0.25) is 0 Å². The lowest BCUT2D eigenvalue weighted by atomic mass is 10.1. The molecule has 98 valence electrons. The first-order valence-corrected chi connectivity index (χ1v) is 9.76. The molecule has 0 radical (unpaired) electrons. The molecule has 1 aromatic rings. The second-order valence-electron chi connectivity index (χ2n) is 5.15. The topological polar surface area (TPSA) is 46.2 Å². The highest BCUT2D eigenvalue weighted by Crippen LogP contribution is 2.19. The van der Waals surface area contributed by atoms with E-state index in [0.29, 0.717) is 22.7 Å². The molecule has 0 aromatic heterocycles. The van der Waals surface area contributed by atoms with Gasteiger partial charge in [-0.25, -0.2) is 0 Å². The van der Waals surface area contributed by atoms with Crippen LogP contribution >= 0.6 is 11.6 Å². The first-order chi connectivity index (χ1) is 8.31. The highest BCUT2D eigenvalue weighted by atomic mass is 35.5. The molecule has 0 bridgehead atoms. The van der Waals surface area contributed by atoms with Gasteiger partial charge in [-0.1, -0.05) is 37.3 Å². The van der Waals surface area contributed by atoms with E-state index in [1.54, 1.807) is 12.1 Å². The molecule has 0 unspecified atom stereocenters. The molecule has 1 rings (SSSR count). The van der Waals surface area contributed by atoms with Crippen LogP contribution in [0.2, 0.25) is 24.7 Å². The molecule has 0 aliphatic rings. The van der Waals surface area contributed by atoms with E-state index in [2.05, 4.69) is 25.0 Å². The van der Waals surface area contributed by atoms with Gasteiger partial charge in [-0.3, -0.25) is 9.59 Å². The number of amides is 1. The van der Waals surface area contributed by atoms with Crippen LogP contribution in [-0.2, 0) is 0 Å². The average molecular weight is 284 g/mol. The van der Waals surface area contributed by atoms with Gasteiger partial charge in [0.25, 0.3) is 5.91 Å². The molecule has 0 heterocycles. The van der Waals surface area contributed by atoms with Gasteiger partial charge in [0.05, 0.1) is 18.7 Å². The molecule has 1 amide bonds. The fourth-order valence-corrected chi connectivity index (χ4v) is 3.76. The molecule has 0 spiro atoms. The average Bonchev–Trinajstić information content (AvgIpc) is 2.26. The van der Waals surface area contributed by atoms with Crippen molar-refractivity contribution in [1.29, 1.82) is 0 Å². The SMILES string of the molecule is CCNC(=O)c1c(Cl)cc(C=O)cc1[Si](C)(C)C. The van der Waals surface area contributed by atoms with Crippen LogP contribution in [0.1, 0.15) is 27.6 Å². The fraction of sp³-hybridized carbons (Fsp3) is 0.385. The Morgan fingerprint density at radius 2 is 2.00 bits per heavy atom. The second kappa shape index (κ2) is 5.67. The quantitative estimate of drug-likeness (QED) is 0.681. The van der Waals surface area contributed by atoms with Crippen LogP contribution in [0.4, 0.5) is 0 Å². The second-order valence-corrected chi connectivity index (χ2v) is 10.6. The summed E-state index contributed by atoms with van der Waals surface area (Å²) >= 11 is 6.15. The van der Waals surface area contributed by atoms with Gasteiger partial charge in [0, 0.05) is 12.1 Å². The zero-order valence-corrected chi connectivity index (χ0v) is 12.9. The fourth-order valence-electron chi connectivity index (χ4n) is 1.77. The predicted molar refractivity (Wildman–Crippen MR) is 77.8 cm³/mol. The summed E-state index contributed by atoms with van der Waals surface area (Å²) in [5, 5.41) is 4.03. The van der Waals surface area contributed by atoms with Crippen LogP contribution in [0, 0.1) is 0 Å². The summed E-state index contributed by atoms with van der Waals surface area (Å²) in [5.41, 5.74) is 1.04. The van der Waals surface area contributed by atoms with Gasteiger partial charge < -0.3 is 5.32 Å². The molecule has 0 saturated heterocycles. The molecule has 18 heavy (non-hydrogen) atoms. The summed E-state index contributed by atoms with van der Waals surface area (Å²) in [4.78, 5) is 23.0. The molecule has 0 saturated carbocycles. The number of halogens is 1. The Morgan fingerprint density at radius 3 is 2.44 bits per heavy atom. The van der Waals surface area contributed by atoms with Gasteiger partial charge in [-0.15, -0.1) is 0 Å². The monoisotopic (exact) mass is 283 g/mol. The van der Waals surface area contributed by atoms with Gasteiger partial charge in [0.1, 0.15) is 6.29 Å². The number of hydrogen-bond acceptors (Lipinski definition) is 2. The minimum absolute atomic E-state index is 0.169. The third-order valence-electron chi connectivity index (χ3n) is 2.62. The van der Waals surface area contributed by atoms with Crippen LogP contribution in [0.15, 0.2) is 12.1 Å². The maximum absolute atomic E-state index is 12.1. The Bertz CT molecular complexity index is 481. The van der Waals surface area contributed by atoms with Crippen molar-refractivity contribution in [3.63, 3.8) is 0 Å². The number of carbonyl (C=O) groups is 2. The number of benzene rings is 1. The van der Waals surface area contributed by atoms with Crippen molar-refractivity contribution in [2.24, 2.45) is 0 Å². The lowest BCUT2D eigenvalue weighted by Crippen LogP contribution is -2.44. The van der Waals surface area contributed by atoms with Gasteiger partial charge in [-0.2, -0.15) is 0 Å². The molecule has 1 aromatic carbocycles. The summed E-state index contributed by atoms with van der Waals surface area (Å²) in [6.07, 6.45) is 0.761. The minimum Gasteiger partial charge on any atom is -0.352 e. The molecule has 1 N–H and O–H groups in total. The molecule has 3 nitrogen and oxygen atoms in total. The lowest BCUT2D eigenvalue weighted by molar-refractivity contribution is 0.0956. The Labute approximate surface area is 114 Å². The van der Waals surface area contributed by atoms with Crippen molar-refractivity contribution in [2.75, 3.05) is 6.54 Å². The van der Waals surface area contributed by atoms with E-state index in [9.17, 15) is 9.59 Å². The summed E-state index contributed by atoms with van der Waals surface area (Å²) < 4.78 is 0. The van der Waals surface area contributed by atoms with E-state index in [1.807, 2.05) is 6.92 Å². The number of nitrogens with one attached hydrogen (secondary N) is 1. The van der Waals surface area contributed by atoms with Crippen LogP contribution in [0.3, 0.4) is 0 Å². The van der Waals surface area contributed by atoms with E-state index < -0.39 is 8.07 Å². The normalized spacial score (nSPS) is 11.2. The van der Waals surface area contributed by atoms with Crippen molar-refractivity contribution in [1.82, 2.24) is 5.32 Å². The zero-order chi connectivity index (χ0) is 13.9.